The molecule has 0 unspecified atom stereocenters. The number of fused-ring (bicyclic) bond motifs is 1. The maximum atomic E-state index is 12.6. The summed E-state index contributed by atoms with van der Waals surface area (Å²) >= 11 is 5.88. The summed E-state index contributed by atoms with van der Waals surface area (Å²) in [4.78, 5) is 12.6. The number of ether oxygens (including phenoxy) is 2. The summed E-state index contributed by atoms with van der Waals surface area (Å²) in [5.74, 6) is 0.613. The van der Waals surface area contributed by atoms with Crippen LogP contribution in [0.15, 0.2) is 90.5 Å². The van der Waals surface area contributed by atoms with E-state index in [0.29, 0.717) is 41.0 Å². The predicted octanol–water partition coefficient (Wildman–Crippen LogP) is 7.02. The number of hydrogen-bond acceptors (Lipinski definition) is 4. The molecule has 0 aliphatic carbocycles. The largest absolute Gasteiger partial charge is 0.490 e. The molecule has 4 rings (SSSR count). The molecule has 0 bridgehead atoms. The number of nitrogens with one attached hydrogen (secondary N) is 1. The Kier molecular flexibility index (Phi) is 7.67. The first-order valence-electron chi connectivity index (χ1n) is 11.1. The van der Waals surface area contributed by atoms with Crippen LogP contribution in [-0.2, 0) is 11.4 Å². The van der Waals surface area contributed by atoms with Crippen LogP contribution in [0.2, 0.25) is 5.02 Å². The highest BCUT2D eigenvalue weighted by atomic mass is 35.5. The highest BCUT2D eigenvalue weighted by Crippen LogP contribution is 2.31. The Bertz CT molecular complexity index is 1420. The van der Waals surface area contributed by atoms with Gasteiger partial charge in [-0.25, -0.2) is 0 Å². The molecule has 0 radical (unpaired) electrons. The average Bonchev–Trinajstić information content (AvgIpc) is 2.88. The molecule has 0 atom stereocenters. The SMILES string of the molecule is CCOc1cc(/C=C(/C#N)C(=O)Nc2ccc(Cl)cc2)ccc1OCc1cccc2ccccc12. The molecule has 0 aliphatic rings. The Morgan fingerprint density at radius 1 is 0.971 bits per heavy atom. The van der Waals surface area contributed by atoms with Crippen LogP contribution in [0, 0.1) is 11.3 Å². The molecule has 6 heteroatoms. The number of nitriles is 1. The predicted molar refractivity (Wildman–Crippen MR) is 140 cm³/mol. The number of carbonyl (C=O) groups excluding carboxylic acids is 1. The molecule has 174 valence electrons. The number of anilines is 1. The molecule has 0 heterocycles. The van der Waals surface area contributed by atoms with Crippen LogP contribution in [0.4, 0.5) is 5.69 Å². The lowest BCUT2D eigenvalue weighted by atomic mass is 10.1. The van der Waals surface area contributed by atoms with Gasteiger partial charge in [0.1, 0.15) is 18.2 Å². The summed E-state index contributed by atoms with van der Waals surface area (Å²) in [6, 6.07) is 28.3. The Balaban J connectivity index is 1.53. The van der Waals surface area contributed by atoms with Crippen LogP contribution in [-0.4, -0.2) is 12.5 Å². The van der Waals surface area contributed by atoms with Gasteiger partial charge in [0, 0.05) is 10.7 Å². The fraction of sp³-hybridized carbons (Fsp3) is 0.103. The molecule has 4 aromatic rings. The van der Waals surface area contributed by atoms with Crippen LogP contribution in [0.3, 0.4) is 0 Å². The minimum Gasteiger partial charge on any atom is -0.490 e. The minimum atomic E-state index is -0.510. The van der Waals surface area contributed by atoms with E-state index in [2.05, 4.69) is 23.5 Å². The first kappa shape index (κ1) is 23.9. The van der Waals surface area contributed by atoms with Crippen molar-refractivity contribution in [2.24, 2.45) is 0 Å². The molecule has 35 heavy (non-hydrogen) atoms. The van der Waals surface area contributed by atoms with Gasteiger partial charge in [-0.3, -0.25) is 4.79 Å². The van der Waals surface area contributed by atoms with Gasteiger partial charge in [0.15, 0.2) is 11.5 Å². The van der Waals surface area contributed by atoms with E-state index >= 15 is 0 Å². The Morgan fingerprint density at radius 3 is 2.51 bits per heavy atom. The van der Waals surface area contributed by atoms with Gasteiger partial charge in [-0.15, -0.1) is 0 Å². The summed E-state index contributed by atoms with van der Waals surface area (Å²) in [7, 11) is 0. The number of carbonyl (C=O) groups is 1. The maximum Gasteiger partial charge on any atom is 0.266 e. The molecule has 1 N–H and O–H groups in total. The lowest BCUT2D eigenvalue weighted by molar-refractivity contribution is -0.112. The van der Waals surface area contributed by atoms with E-state index in [1.807, 2.05) is 37.3 Å². The van der Waals surface area contributed by atoms with Gasteiger partial charge >= 0.3 is 0 Å². The summed E-state index contributed by atoms with van der Waals surface area (Å²) < 4.78 is 11.9. The molecule has 1 amide bonds. The van der Waals surface area contributed by atoms with Crippen molar-refractivity contribution in [1.29, 1.82) is 5.26 Å². The van der Waals surface area contributed by atoms with Crippen molar-refractivity contribution in [2.75, 3.05) is 11.9 Å². The van der Waals surface area contributed by atoms with Crippen LogP contribution in [0.5, 0.6) is 11.5 Å². The van der Waals surface area contributed by atoms with Crippen LogP contribution < -0.4 is 14.8 Å². The van der Waals surface area contributed by atoms with Crippen molar-refractivity contribution >= 4 is 40.0 Å². The number of halogens is 1. The molecule has 0 spiro atoms. The lowest BCUT2D eigenvalue weighted by Crippen LogP contribution is -2.13. The third-order valence-corrected chi connectivity index (χ3v) is 5.56. The van der Waals surface area contributed by atoms with Crippen LogP contribution in [0.1, 0.15) is 18.1 Å². The number of benzene rings is 4. The van der Waals surface area contributed by atoms with Gasteiger partial charge in [0.05, 0.1) is 6.61 Å². The van der Waals surface area contributed by atoms with E-state index in [-0.39, 0.29) is 5.57 Å². The van der Waals surface area contributed by atoms with Crippen molar-refractivity contribution in [3.8, 4) is 17.6 Å². The molecule has 0 saturated heterocycles. The van der Waals surface area contributed by atoms with E-state index in [4.69, 9.17) is 21.1 Å². The normalized spacial score (nSPS) is 11.1. The third kappa shape index (κ3) is 6.00. The summed E-state index contributed by atoms with van der Waals surface area (Å²) in [5, 5.41) is 15.1. The van der Waals surface area contributed by atoms with Crippen LogP contribution in [0.25, 0.3) is 16.8 Å². The Labute approximate surface area is 209 Å². The van der Waals surface area contributed by atoms with E-state index < -0.39 is 5.91 Å². The number of amides is 1. The van der Waals surface area contributed by atoms with Gasteiger partial charge in [0.25, 0.3) is 5.91 Å². The van der Waals surface area contributed by atoms with Gasteiger partial charge in [0.2, 0.25) is 0 Å². The smallest absolute Gasteiger partial charge is 0.266 e. The number of rotatable bonds is 8. The fourth-order valence-corrected chi connectivity index (χ4v) is 3.75. The second-order valence-electron chi connectivity index (χ2n) is 7.70. The van der Waals surface area contributed by atoms with E-state index in [1.54, 1.807) is 42.5 Å². The van der Waals surface area contributed by atoms with Crippen molar-refractivity contribution in [1.82, 2.24) is 0 Å². The molecule has 0 fully saturated rings. The number of hydrogen-bond donors (Lipinski definition) is 1. The minimum absolute atomic E-state index is 0.0353. The van der Waals surface area contributed by atoms with Gasteiger partial charge in [-0.05, 0) is 71.3 Å². The highest BCUT2D eigenvalue weighted by molar-refractivity contribution is 6.30. The van der Waals surface area contributed by atoms with E-state index in [9.17, 15) is 10.1 Å². The first-order chi connectivity index (χ1) is 17.1. The molecule has 0 aromatic heterocycles. The van der Waals surface area contributed by atoms with Gasteiger partial charge in [-0.2, -0.15) is 5.26 Å². The number of nitrogens with zero attached hydrogens (tertiary/aromatic N) is 1. The van der Waals surface area contributed by atoms with Gasteiger partial charge in [-0.1, -0.05) is 60.1 Å². The van der Waals surface area contributed by atoms with Crippen molar-refractivity contribution in [2.45, 2.75) is 13.5 Å². The topological polar surface area (TPSA) is 71.3 Å². The summed E-state index contributed by atoms with van der Waals surface area (Å²) in [6.07, 6.45) is 1.52. The zero-order valence-electron chi connectivity index (χ0n) is 19.1. The van der Waals surface area contributed by atoms with Crippen molar-refractivity contribution in [3.05, 3.63) is 107 Å². The molecule has 0 aliphatic heterocycles. The highest BCUT2D eigenvalue weighted by Gasteiger charge is 2.12. The van der Waals surface area contributed by atoms with Crippen molar-refractivity contribution < 1.29 is 14.3 Å². The molecule has 5 nitrogen and oxygen atoms in total. The first-order valence-corrected chi connectivity index (χ1v) is 11.5. The quantitative estimate of drug-likeness (QED) is 0.216. The second kappa shape index (κ2) is 11.2. The van der Waals surface area contributed by atoms with E-state index in [0.717, 1.165) is 16.3 Å². The van der Waals surface area contributed by atoms with Crippen LogP contribution >= 0.6 is 11.6 Å². The third-order valence-electron chi connectivity index (χ3n) is 5.31. The van der Waals surface area contributed by atoms with E-state index in [1.165, 1.54) is 6.08 Å². The fourth-order valence-electron chi connectivity index (χ4n) is 3.62. The second-order valence-corrected chi connectivity index (χ2v) is 8.13. The monoisotopic (exact) mass is 482 g/mol. The molecule has 4 aromatic carbocycles. The lowest BCUT2D eigenvalue weighted by Gasteiger charge is -2.14. The molecule has 0 saturated carbocycles. The summed E-state index contributed by atoms with van der Waals surface area (Å²) in [6.45, 7) is 2.71. The standard InChI is InChI=1S/C29H23ClN2O3/c1-2-34-28-17-20(16-23(18-31)29(33)32-25-13-11-24(30)12-14-25)10-15-27(28)35-19-22-8-5-7-21-6-3-4-9-26(21)22/h3-17H,2,19H2,1H3,(H,32,33)/b23-16-. The average molecular weight is 483 g/mol. The van der Waals surface area contributed by atoms with Gasteiger partial charge < -0.3 is 14.8 Å². The Morgan fingerprint density at radius 2 is 1.74 bits per heavy atom. The maximum absolute atomic E-state index is 12.6. The Hall–Kier alpha value is -4.27. The molecular formula is C29H23ClN2O3. The zero-order valence-corrected chi connectivity index (χ0v) is 19.9. The zero-order chi connectivity index (χ0) is 24.6. The van der Waals surface area contributed by atoms with Crippen molar-refractivity contribution in [3.63, 3.8) is 0 Å². The summed E-state index contributed by atoms with van der Waals surface area (Å²) in [5.41, 5.74) is 2.23. The molecular weight excluding hydrogens is 460 g/mol.